The van der Waals surface area contributed by atoms with Crippen LogP contribution in [-0.4, -0.2) is 5.78 Å². The van der Waals surface area contributed by atoms with E-state index in [4.69, 9.17) is 11.6 Å². The second kappa shape index (κ2) is 4.92. The van der Waals surface area contributed by atoms with E-state index in [2.05, 4.69) is 0 Å². The van der Waals surface area contributed by atoms with Crippen LogP contribution in [0.15, 0.2) is 18.2 Å². The first kappa shape index (κ1) is 13.4. The molecule has 5 heteroatoms. The second-order valence-corrected chi connectivity index (χ2v) is 4.91. The van der Waals surface area contributed by atoms with Crippen LogP contribution in [0.5, 0.6) is 0 Å². The molecule has 1 fully saturated rings. The SMILES string of the molecule is O=C1CCCC[C@H]1c1ccc(Cl)c(C(F)(F)F)c1. The third kappa shape index (κ3) is 2.69. The van der Waals surface area contributed by atoms with E-state index in [0.29, 0.717) is 18.4 Å². The minimum Gasteiger partial charge on any atom is -0.299 e. The highest BCUT2D eigenvalue weighted by atomic mass is 35.5. The Balaban J connectivity index is 2.37. The van der Waals surface area contributed by atoms with Gasteiger partial charge in [-0.15, -0.1) is 0 Å². The summed E-state index contributed by atoms with van der Waals surface area (Å²) in [6.45, 7) is 0. The van der Waals surface area contributed by atoms with Gasteiger partial charge in [0.2, 0.25) is 0 Å². The first-order chi connectivity index (χ1) is 8.39. The first-order valence-corrected chi connectivity index (χ1v) is 6.17. The Kier molecular flexibility index (Phi) is 3.66. The number of hydrogen-bond donors (Lipinski definition) is 0. The van der Waals surface area contributed by atoms with Crippen molar-refractivity contribution in [3.8, 4) is 0 Å². The molecular weight excluding hydrogens is 265 g/mol. The maximum absolute atomic E-state index is 12.7. The summed E-state index contributed by atoms with van der Waals surface area (Å²) in [6.07, 6.45) is -1.70. The van der Waals surface area contributed by atoms with E-state index in [0.717, 1.165) is 18.9 Å². The van der Waals surface area contributed by atoms with Gasteiger partial charge in [-0.3, -0.25) is 4.79 Å². The molecule has 98 valence electrons. The van der Waals surface area contributed by atoms with E-state index in [1.165, 1.54) is 12.1 Å². The zero-order chi connectivity index (χ0) is 13.3. The summed E-state index contributed by atoms with van der Waals surface area (Å²) in [4.78, 5) is 11.7. The van der Waals surface area contributed by atoms with Gasteiger partial charge >= 0.3 is 6.18 Å². The lowest BCUT2D eigenvalue weighted by Gasteiger charge is -2.22. The predicted molar refractivity (Wildman–Crippen MR) is 62.7 cm³/mol. The fraction of sp³-hybridized carbons (Fsp3) is 0.462. The van der Waals surface area contributed by atoms with Gasteiger partial charge in [-0.1, -0.05) is 24.1 Å². The van der Waals surface area contributed by atoms with Crippen molar-refractivity contribution in [2.45, 2.75) is 37.8 Å². The minimum atomic E-state index is -4.48. The van der Waals surface area contributed by atoms with Gasteiger partial charge in [-0.2, -0.15) is 13.2 Å². The monoisotopic (exact) mass is 276 g/mol. The molecule has 1 saturated carbocycles. The van der Waals surface area contributed by atoms with Gasteiger partial charge in [0.15, 0.2) is 0 Å². The number of rotatable bonds is 1. The van der Waals surface area contributed by atoms with E-state index in [1.807, 2.05) is 0 Å². The molecule has 1 aromatic rings. The summed E-state index contributed by atoms with van der Waals surface area (Å²) in [5.41, 5.74) is -0.434. The molecule has 0 spiro atoms. The molecule has 0 bridgehead atoms. The summed E-state index contributed by atoms with van der Waals surface area (Å²) in [5.74, 6) is -0.381. The van der Waals surface area contributed by atoms with Crippen molar-refractivity contribution in [3.05, 3.63) is 34.3 Å². The number of Topliss-reactive ketones (excluding diaryl/α,β-unsaturated/α-hetero) is 1. The van der Waals surface area contributed by atoms with Crippen molar-refractivity contribution in [1.29, 1.82) is 0 Å². The zero-order valence-electron chi connectivity index (χ0n) is 9.56. The third-order valence-electron chi connectivity index (χ3n) is 3.25. The highest BCUT2D eigenvalue weighted by Crippen LogP contribution is 2.38. The van der Waals surface area contributed by atoms with Gasteiger partial charge in [-0.25, -0.2) is 0 Å². The number of halogens is 4. The summed E-state index contributed by atoms with van der Waals surface area (Å²) in [6, 6.07) is 3.75. The fourth-order valence-electron chi connectivity index (χ4n) is 2.31. The molecule has 1 atom stereocenters. The Hall–Kier alpha value is -1.03. The van der Waals surface area contributed by atoms with Crippen LogP contribution in [0.4, 0.5) is 13.2 Å². The van der Waals surface area contributed by atoms with E-state index in [9.17, 15) is 18.0 Å². The van der Waals surface area contributed by atoms with E-state index >= 15 is 0 Å². The van der Waals surface area contributed by atoms with Gasteiger partial charge in [-0.05, 0) is 30.5 Å². The van der Waals surface area contributed by atoms with Gasteiger partial charge in [0.1, 0.15) is 5.78 Å². The van der Waals surface area contributed by atoms with Crippen molar-refractivity contribution >= 4 is 17.4 Å². The highest BCUT2D eigenvalue weighted by Gasteiger charge is 2.34. The van der Waals surface area contributed by atoms with Gasteiger partial charge in [0, 0.05) is 12.3 Å². The lowest BCUT2D eigenvalue weighted by atomic mass is 9.82. The van der Waals surface area contributed by atoms with Crippen molar-refractivity contribution in [3.63, 3.8) is 0 Å². The molecule has 1 nitrogen and oxygen atoms in total. The predicted octanol–water partition coefficient (Wildman–Crippen LogP) is 4.59. The molecule has 0 aliphatic heterocycles. The molecule has 2 rings (SSSR count). The van der Waals surface area contributed by atoms with Crippen LogP contribution < -0.4 is 0 Å². The van der Waals surface area contributed by atoms with Crippen LogP contribution in [0.3, 0.4) is 0 Å². The average Bonchev–Trinajstić information content (AvgIpc) is 2.29. The van der Waals surface area contributed by atoms with Crippen LogP contribution in [0.25, 0.3) is 0 Å². The summed E-state index contributed by atoms with van der Waals surface area (Å²) in [5, 5.41) is -0.325. The minimum absolute atomic E-state index is 0.0247. The van der Waals surface area contributed by atoms with Crippen molar-refractivity contribution < 1.29 is 18.0 Å². The topological polar surface area (TPSA) is 17.1 Å². The molecular formula is C13H12ClF3O. The van der Waals surface area contributed by atoms with Crippen molar-refractivity contribution in [2.75, 3.05) is 0 Å². The Morgan fingerprint density at radius 1 is 1.22 bits per heavy atom. The molecule has 0 saturated heterocycles. The van der Waals surface area contributed by atoms with Crippen molar-refractivity contribution in [2.24, 2.45) is 0 Å². The zero-order valence-corrected chi connectivity index (χ0v) is 10.3. The molecule has 0 unspecified atom stereocenters. The fourth-order valence-corrected chi connectivity index (χ4v) is 2.54. The molecule has 0 heterocycles. The normalized spacial score (nSPS) is 21.1. The molecule has 1 aromatic carbocycles. The number of hydrogen-bond acceptors (Lipinski definition) is 1. The molecule has 0 amide bonds. The maximum atomic E-state index is 12.7. The maximum Gasteiger partial charge on any atom is 0.417 e. The lowest BCUT2D eigenvalue weighted by Crippen LogP contribution is -2.18. The van der Waals surface area contributed by atoms with Crippen LogP contribution in [0.1, 0.15) is 42.7 Å². The number of carbonyl (C=O) groups excluding carboxylic acids is 1. The van der Waals surface area contributed by atoms with Gasteiger partial charge in [0.25, 0.3) is 0 Å². The molecule has 0 radical (unpaired) electrons. The molecule has 0 N–H and O–H groups in total. The third-order valence-corrected chi connectivity index (χ3v) is 3.58. The number of carbonyl (C=O) groups is 1. The van der Waals surface area contributed by atoms with Gasteiger partial charge in [0.05, 0.1) is 10.6 Å². The Bertz CT molecular complexity index is 468. The molecule has 18 heavy (non-hydrogen) atoms. The van der Waals surface area contributed by atoms with Gasteiger partial charge < -0.3 is 0 Å². The van der Waals surface area contributed by atoms with Crippen LogP contribution in [0, 0.1) is 0 Å². The first-order valence-electron chi connectivity index (χ1n) is 5.79. The van der Waals surface area contributed by atoms with E-state index in [1.54, 1.807) is 0 Å². The quantitative estimate of drug-likeness (QED) is 0.733. The van der Waals surface area contributed by atoms with Crippen LogP contribution >= 0.6 is 11.6 Å². The van der Waals surface area contributed by atoms with Crippen molar-refractivity contribution in [1.82, 2.24) is 0 Å². The Morgan fingerprint density at radius 2 is 1.94 bits per heavy atom. The summed E-state index contributed by atoms with van der Waals surface area (Å²) < 4.78 is 38.2. The number of alkyl halides is 3. The molecule has 1 aliphatic rings. The number of benzene rings is 1. The second-order valence-electron chi connectivity index (χ2n) is 4.50. The summed E-state index contributed by atoms with van der Waals surface area (Å²) >= 11 is 5.55. The molecule has 0 aromatic heterocycles. The Labute approximate surface area is 108 Å². The standard InChI is InChI=1S/C13H12ClF3O/c14-11-6-5-8(7-10(11)13(15,16)17)9-3-1-2-4-12(9)18/h5-7,9H,1-4H2/t9-/m0/s1. The highest BCUT2D eigenvalue weighted by molar-refractivity contribution is 6.31. The largest absolute Gasteiger partial charge is 0.417 e. The van der Waals surface area contributed by atoms with Crippen LogP contribution in [0.2, 0.25) is 5.02 Å². The number of ketones is 1. The lowest BCUT2D eigenvalue weighted by molar-refractivity contribution is -0.137. The summed E-state index contributed by atoms with van der Waals surface area (Å²) in [7, 11) is 0. The van der Waals surface area contributed by atoms with Crippen LogP contribution in [-0.2, 0) is 11.0 Å². The smallest absolute Gasteiger partial charge is 0.299 e. The molecule has 1 aliphatic carbocycles. The Morgan fingerprint density at radius 3 is 2.56 bits per heavy atom. The average molecular weight is 277 g/mol. The van der Waals surface area contributed by atoms with E-state index < -0.39 is 17.7 Å². The van der Waals surface area contributed by atoms with E-state index in [-0.39, 0.29) is 10.8 Å².